The van der Waals surface area contributed by atoms with Gasteiger partial charge in [0.2, 0.25) is 0 Å². The minimum absolute atomic E-state index is 0.117. The average Bonchev–Trinajstić information content (AvgIpc) is 2.37. The van der Waals surface area contributed by atoms with E-state index in [1.807, 2.05) is 0 Å². The van der Waals surface area contributed by atoms with Crippen LogP contribution in [0.4, 0.5) is 26.3 Å². The van der Waals surface area contributed by atoms with Gasteiger partial charge < -0.3 is 0 Å². The van der Waals surface area contributed by atoms with Crippen LogP contribution in [0.5, 0.6) is 0 Å². The summed E-state index contributed by atoms with van der Waals surface area (Å²) in [6, 6.07) is 8.77. The number of alkyl halides is 6. The Hall–Kier alpha value is -1.98. The van der Waals surface area contributed by atoms with E-state index in [-0.39, 0.29) is 11.6 Å². The summed E-state index contributed by atoms with van der Waals surface area (Å²) in [6.07, 6.45) is -9.74. The molecule has 0 N–H and O–H groups in total. The van der Waals surface area contributed by atoms with Gasteiger partial charge in [-0.2, -0.15) is 26.3 Å². The first-order valence-corrected chi connectivity index (χ1v) is 5.86. The molecular formula is C15H9F6. The van der Waals surface area contributed by atoms with Crippen LogP contribution in [0.1, 0.15) is 16.7 Å². The van der Waals surface area contributed by atoms with E-state index in [0.29, 0.717) is 6.07 Å². The highest BCUT2D eigenvalue weighted by atomic mass is 19.4. The van der Waals surface area contributed by atoms with Crippen molar-refractivity contribution in [3.05, 3.63) is 59.2 Å². The van der Waals surface area contributed by atoms with Gasteiger partial charge in [-0.25, -0.2) is 0 Å². The maximum absolute atomic E-state index is 13.0. The molecule has 21 heavy (non-hydrogen) atoms. The Morgan fingerprint density at radius 2 is 1.43 bits per heavy atom. The SMILES string of the molecule is Cc1ccc(-c2[c]cc(C(F)(F)F)cc2C(F)(F)F)cc1. The van der Waals surface area contributed by atoms with Crippen LogP contribution in [-0.4, -0.2) is 0 Å². The molecule has 2 aromatic rings. The van der Waals surface area contributed by atoms with Crippen molar-refractivity contribution >= 4 is 0 Å². The highest BCUT2D eigenvalue weighted by Crippen LogP contribution is 2.40. The second-order valence-electron chi connectivity index (χ2n) is 4.54. The number of aryl methyl sites for hydroxylation is 1. The molecule has 0 aliphatic heterocycles. The Bertz CT molecular complexity index is 635. The fourth-order valence-corrected chi connectivity index (χ4v) is 1.84. The summed E-state index contributed by atoms with van der Waals surface area (Å²) in [4.78, 5) is 0. The monoisotopic (exact) mass is 303 g/mol. The molecule has 0 unspecified atom stereocenters. The molecule has 0 fully saturated rings. The molecule has 0 bridgehead atoms. The Labute approximate surface area is 117 Å². The maximum Gasteiger partial charge on any atom is 0.417 e. The van der Waals surface area contributed by atoms with Crippen molar-refractivity contribution < 1.29 is 26.3 Å². The number of rotatable bonds is 1. The Kier molecular flexibility index (Phi) is 3.74. The van der Waals surface area contributed by atoms with E-state index in [9.17, 15) is 26.3 Å². The predicted octanol–water partition coefficient (Wildman–Crippen LogP) is 5.50. The van der Waals surface area contributed by atoms with Gasteiger partial charge in [-0.1, -0.05) is 29.8 Å². The van der Waals surface area contributed by atoms with Crippen LogP contribution >= 0.6 is 0 Å². The van der Waals surface area contributed by atoms with Crippen LogP contribution in [0.15, 0.2) is 36.4 Å². The Morgan fingerprint density at radius 1 is 0.857 bits per heavy atom. The van der Waals surface area contributed by atoms with Gasteiger partial charge >= 0.3 is 12.4 Å². The molecule has 0 nitrogen and oxygen atoms in total. The third-order valence-electron chi connectivity index (χ3n) is 2.91. The molecule has 0 aliphatic carbocycles. The number of hydrogen-bond donors (Lipinski definition) is 0. The zero-order chi connectivity index (χ0) is 15.8. The zero-order valence-corrected chi connectivity index (χ0v) is 10.7. The molecule has 2 rings (SSSR count). The minimum Gasteiger partial charge on any atom is -0.166 e. The molecule has 0 amide bonds. The van der Waals surface area contributed by atoms with E-state index in [1.54, 1.807) is 19.1 Å². The van der Waals surface area contributed by atoms with E-state index in [4.69, 9.17) is 0 Å². The summed E-state index contributed by atoms with van der Waals surface area (Å²) >= 11 is 0. The van der Waals surface area contributed by atoms with Crippen molar-refractivity contribution in [1.29, 1.82) is 0 Å². The van der Waals surface area contributed by atoms with Gasteiger partial charge in [0.15, 0.2) is 0 Å². The quantitative estimate of drug-likeness (QED) is 0.610. The predicted molar refractivity (Wildman–Crippen MR) is 65.5 cm³/mol. The lowest BCUT2D eigenvalue weighted by Crippen LogP contribution is -2.12. The van der Waals surface area contributed by atoms with Gasteiger partial charge in [0.05, 0.1) is 11.1 Å². The zero-order valence-electron chi connectivity index (χ0n) is 10.7. The number of hydrogen-bond acceptors (Lipinski definition) is 0. The van der Waals surface area contributed by atoms with Gasteiger partial charge in [0, 0.05) is 5.56 Å². The summed E-state index contributed by atoms with van der Waals surface area (Å²) < 4.78 is 76.6. The van der Waals surface area contributed by atoms with Crippen LogP contribution in [0, 0.1) is 13.0 Å². The normalized spacial score (nSPS) is 12.5. The molecule has 0 saturated carbocycles. The molecule has 0 aromatic heterocycles. The summed E-state index contributed by atoms with van der Waals surface area (Å²) in [5, 5.41) is 0. The highest BCUT2D eigenvalue weighted by Gasteiger charge is 2.38. The van der Waals surface area contributed by atoms with Crippen LogP contribution in [0.25, 0.3) is 11.1 Å². The van der Waals surface area contributed by atoms with Crippen molar-refractivity contribution in [2.45, 2.75) is 19.3 Å². The molecule has 2 aromatic carbocycles. The highest BCUT2D eigenvalue weighted by molar-refractivity contribution is 5.68. The van der Waals surface area contributed by atoms with Crippen molar-refractivity contribution in [3.8, 4) is 11.1 Å². The topological polar surface area (TPSA) is 0 Å². The fourth-order valence-electron chi connectivity index (χ4n) is 1.84. The third-order valence-corrected chi connectivity index (χ3v) is 2.91. The molecule has 6 heteroatoms. The second-order valence-corrected chi connectivity index (χ2v) is 4.54. The smallest absolute Gasteiger partial charge is 0.166 e. The lowest BCUT2D eigenvalue weighted by molar-refractivity contribution is -0.142. The number of benzene rings is 2. The lowest BCUT2D eigenvalue weighted by atomic mass is 9.96. The fraction of sp³-hybridized carbons (Fsp3) is 0.200. The lowest BCUT2D eigenvalue weighted by Gasteiger charge is -2.16. The first kappa shape index (κ1) is 15.4. The molecule has 111 valence electrons. The first-order chi connectivity index (χ1) is 9.59. The average molecular weight is 303 g/mol. The van der Waals surface area contributed by atoms with Crippen molar-refractivity contribution in [1.82, 2.24) is 0 Å². The Balaban J connectivity index is 2.63. The minimum atomic E-state index is -4.89. The number of halogens is 6. The van der Waals surface area contributed by atoms with Gasteiger partial charge in [0.1, 0.15) is 0 Å². The summed E-state index contributed by atoms with van der Waals surface area (Å²) in [5.41, 5.74) is -2.11. The van der Waals surface area contributed by atoms with E-state index >= 15 is 0 Å². The standard InChI is InChI=1S/C15H9F6/c1-9-2-4-10(5-3-9)12-7-6-11(14(16,17)18)8-13(12)15(19,20)21/h2-6,8H,1H3. The van der Waals surface area contributed by atoms with Gasteiger partial charge in [-0.05, 0) is 30.7 Å². The first-order valence-electron chi connectivity index (χ1n) is 5.86. The van der Waals surface area contributed by atoms with Crippen LogP contribution in [0.2, 0.25) is 0 Å². The summed E-state index contributed by atoms with van der Waals surface area (Å²) in [7, 11) is 0. The molecule has 1 radical (unpaired) electrons. The van der Waals surface area contributed by atoms with Crippen molar-refractivity contribution in [3.63, 3.8) is 0 Å². The van der Waals surface area contributed by atoms with E-state index in [2.05, 4.69) is 6.07 Å². The van der Waals surface area contributed by atoms with Crippen LogP contribution in [-0.2, 0) is 12.4 Å². The van der Waals surface area contributed by atoms with E-state index < -0.39 is 29.0 Å². The van der Waals surface area contributed by atoms with E-state index in [1.165, 1.54) is 12.1 Å². The molecule has 0 heterocycles. The second kappa shape index (κ2) is 5.09. The van der Waals surface area contributed by atoms with E-state index in [0.717, 1.165) is 5.56 Å². The van der Waals surface area contributed by atoms with Crippen molar-refractivity contribution in [2.75, 3.05) is 0 Å². The van der Waals surface area contributed by atoms with Crippen molar-refractivity contribution in [2.24, 2.45) is 0 Å². The van der Waals surface area contributed by atoms with Gasteiger partial charge in [0.25, 0.3) is 0 Å². The third kappa shape index (κ3) is 3.37. The maximum atomic E-state index is 13.0. The molecule has 0 aliphatic rings. The summed E-state index contributed by atoms with van der Waals surface area (Å²) in [6.45, 7) is 1.75. The van der Waals surface area contributed by atoms with Crippen LogP contribution < -0.4 is 0 Å². The molecule has 0 spiro atoms. The molecule has 0 saturated heterocycles. The molecule has 0 atom stereocenters. The van der Waals surface area contributed by atoms with Crippen LogP contribution in [0.3, 0.4) is 0 Å². The largest absolute Gasteiger partial charge is 0.417 e. The van der Waals surface area contributed by atoms with Gasteiger partial charge in [-0.3, -0.25) is 0 Å². The summed E-state index contributed by atoms with van der Waals surface area (Å²) in [5.74, 6) is 0. The Morgan fingerprint density at radius 3 is 1.90 bits per heavy atom. The molecular weight excluding hydrogens is 294 g/mol. The van der Waals surface area contributed by atoms with Gasteiger partial charge in [-0.15, -0.1) is 0 Å².